The lowest BCUT2D eigenvalue weighted by Crippen LogP contribution is -2.35. The third-order valence-electron chi connectivity index (χ3n) is 4.59. The van der Waals surface area contributed by atoms with Gasteiger partial charge < -0.3 is 20.4 Å². The summed E-state index contributed by atoms with van der Waals surface area (Å²) >= 11 is 0. The Balaban J connectivity index is 1.83. The van der Waals surface area contributed by atoms with Gasteiger partial charge in [0.15, 0.2) is 0 Å². The van der Waals surface area contributed by atoms with E-state index in [-0.39, 0.29) is 36.4 Å². The molecule has 27 heavy (non-hydrogen) atoms. The highest BCUT2D eigenvalue weighted by Crippen LogP contribution is 2.35. The fourth-order valence-corrected chi connectivity index (χ4v) is 3.17. The van der Waals surface area contributed by atoms with Crippen LogP contribution >= 0.6 is 0 Å². The molecule has 1 unspecified atom stereocenters. The maximum absolute atomic E-state index is 14.1. The van der Waals surface area contributed by atoms with E-state index in [0.717, 1.165) is 6.08 Å². The molecule has 0 saturated carbocycles. The highest BCUT2D eigenvalue weighted by molar-refractivity contribution is 6.02. The third kappa shape index (κ3) is 3.68. The van der Waals surface area contributed by atoms with Gasteiger partial charge in [-0.05, 0) is 36.8 Å². The van der Waals surface area contributed by atoms with E-state index in [4.69, 9.17) is 0 Å². The Bertz CT molecular complexity index is 915. The van der Waals surface area contributed by atoms with Gasteiger partial charge >= 0.3 is 0 Å². The van der Waals surface area contributed by atoms with Gasteiger partial charge in [0.2, 0.25) is 5.91 Å². The maximum Gasteiger partial charge on any atom is 0.257 e. The van der Waals surface area contributed by atoms with Crippen LogP contribution in [0.3, 0.4) is 0 Å². The van der Waals surface area contributed by atoms with Gasteiger partial charge in [-0.1, -0.05) is 24.8 Å². The summed E-state index contributed by atoms with van der Waals surface area (Å²) in [5.41, 5.74) is -1.05. The zero-order valence-electron chi connectivity index (χ0n) is 14.5. The topological polar surface area (TPSA) is 89.9 Å². The molecular weight excluding hydrogens is 351 g/mol. The molecule has 3 rings (SSSR count). The van der Waals surface area contributed by atoms with Crippen LogP contribution in [0.2, 0.25) is 0 Å². The fourth-order valence-electron chi connectivity index (χ4n) is 3.17. The van der Waals surface area contributed by atoms with Crippen molar-refractivity contribution >= 4 is 17.5 Å². The van der Waals surface area contributed by atoms with Crippen molar-refractivity contribution in [3.8, 4) is 5.75 Å². The average molecular weight is 370 g/mol. The van der Waals surface area contributed by atoms with Crippen LogP contribution in [0.25, 0.3) is 0 Å². The minimum Gasteiger partial charge on any atom is -0.507 e. The van der Waals surface area contributed by atoms with Gasteiger partial charge in [0, 0.05) is 17.8 Å². The first kappa shape index (κ1) is 18.6. The summed E-state index contributed by atoms with van der Waals surface area (Å²) < 4.78 is 14.1. The molecule has 2 amide bonds. The number of halogens is 1. The molecule has 1 aliphatic rings. The van der Waals surface area contributed by atoms with Gasteiger partial charge in [-0.25, -0.2) is 4.39 Å². The number of likely N-dealkylation sites (tertiary alicyclic amines) is 1. The highest BCUT2D eigenvalue weighted by atomic mass is 19.1. The van der Waals surface area contributed by atoms with Gasteiger partial charge in [0.05, 0.1) is 12.1 Å². The Morgan fingerprint density at radius 3 is 2.70 bits per heavy atom. The van der Waals surface area contributed by atoms with Crippen molar-refractivity contribution < 1.29 is 24.2 Å². The zero-order valence-corrected chi connectivity index (χ0v) is 14.5. The van der Waals surface area contributed by atoms with Crippen LogP contribution in [-0.2, 0) is 10.4 Å². The van der Waals surface area contributed by atoms with Crippen LogP contribution in [0.15, 0.2) is 55.1 Å². The molecule has 0 aliphatic carbocycles. The highest BCUT2D eigenvalue weighted by Gasteiger charge is 2.41. The second-order valence-corrected chi connectivity index (χ2v) is 6.41. The molecule has 0 radical (unpaired) electrons. The molecule has 1 saturated heterocycles. The second-order valence-electron chi connectivity index (χ2n) is 6.41. The molecule has 1 atom stereocenters. The van der Waals surface area contributed by atoms with Crippen molar-refractivity contribution in [2.24, 2.45) is 0 Å². The Kier molecular flexibility index (Phi) is 4.96. The Morgan fingerprint density at radius 1 is 1.26 bits per heavy atom. The summed E-state index contributed by atoms with van der Waals surface area (Å²) in [4.78, 5) is 25.6. The zero-order chi connectivity index (χ0) is 19.6. The lowest BCUT2D eigenvalue weighted by molar-refractivity contribution is -0.111. The number of hydrogen-bond donors (Lipinski definition) is 3. The summed E-state index contributed by atoms with van der Waals surface area (Å²) in [6.45, 7) is 3.45. The monoisotopic (exact) mass is 370 g/mol. The van der Waals surface area contributed by atoms with Crippen LogP contribution in [0.4, 0.5) is 10.1 Å². The smallest absolute Gasteiger partial charge is 0.257 e. The second kappa shape index (κ2) is 7.20. The van der Waals surface area contributed by atoms with E-state index in [2.05, 4.69) is 11.9 Å². The predicted molar refractivity (Wildman–Crippen MR) is 97.8 cm³/mol. The molecule has 7 heteroatoms. The summed E-state index contributed by atoms with van der Waals surface area (Å²) in [6.07, 6.45) is 1.26. The minimum absolute atomic E-state index is 0.0188. The Labute approximate surface area is 155 Å². The molecule has 0 bridgehead atoms. The number of carbonyl (C=O) groups excluding carboxylic acids is 2. The standard InChI is InChI=1S/C20H19FN2O4/c1-2-18(25)22-13-7-8-17(24)14(11-13)19(26)23-10-9-20(27,12-23)15-5-3-4-6-16(15)21/h2-8,11,24,27H,1,9-10,12H2,(H,22,25). The normalized spacial score (nSPS) is 19.0. The lowest BCUT2D eigenvalue weighted by Gasteiger charge is -2.24. The van der Waals surface area contributed by atoms with Crippen LogP contribution < -0.4 is 5.32 Å². The molecule has 2 aromatic carbocycles. The van der Waals surface area contributed by atoms with Crippen molar-refractivity contribution in [1.29, 1.82) is 0 Å². The Morgan fingerprint density at radius 2 is 2.00 bits per heavy atom. The number of aliphatic hydroxyl groups is 1. The van der Waals surface area contributed by atoms with E-state index in [0.29, 0.717) is 5.69 Å². The molecule has 1 fully saturated rings. The van der Waals surface area contributed by atoms with Gasteiger partial charge in [-0.3, -0.25) is 9.59 Å². The van der Waals surface area contributed by atoms with E-state index >= 15 is 0 Å². The van der Waals surface area contributed by atoms with Crippen LogP contribution in [0, 0.1) is 5.82 Å². The number of benzene rings is 2. The summed E-state index contributed by atoms with van der Waals surface area (Å²) in [7, 11) is 0. The van der Waals surface area contributed by atoms with Crippen LogP contribution in [-0.4, -0.2) is 40.0 Å². The molecule has 2 aromatic rings. The first-order chi connectivity index (χ1) is 12.8. The molecule has 0 spiro atoms. The average Bonchev–Trinajstić information content (AvgIpc) is 3.06. The van der Waals surface area contributed by atoms with E-state index in [9.17, 15) is 24.2 Å². The number of anilines is 1. The number of nitrogens with zero attached hydrogens (tertiary/aromatic N) is 1. The lowest BCUT2D eigenvalue weighted by atomic mass is 9.92. The SMILES string of the molecule is C=CC(=O)Nc1ccc(O)c(C(=O)N2CCC(O)(c3ccccc3F)C2)c1. The molecular formula is C20H19FN2O4. The van der Waals surface area contributed by atoms with Gasteiger partial charge in [-0.15, -0.1) is 0 Å². The first-order valence-electron chi connectivity index (χ1n) is 8.37. The quantitative estimate of drug-likeness (QED) is 0.569. The number of aromatic hydroxyl groups is 1. The van der Waals surface area contributed by atoms with E-state index in [1.54, 1.807) is 6.07 Å². The van der Waals surface area contributed by atoms with Crippen LogP contribution in [0.5, 0.6) is 5.75 Å². The molecule has 3 N–H and O–H groups in total. The minimum atomic E-state index is -1.49. The maximum atomic E-state index is 14.1. The van der Waals surface area contributed by atoms with Crippen molar-refractivity contribution in [3.63, 3.8) is 0 Å². The fraction of sp³-hybridized carbons (Fsp3) is 0.200. The van der Waals surface area contributed by atoms with E-state index < -0.39 is 23.2 Å². The summed E-state index contributed by atoms with van der Waals surface area (Å²) in [5, 5.41) is 23.4. The van der Waals surface area contributed by atoms with Crippen molar-refractivity contribution in [2.75, 3.05) is 18.4 Å². The predicted octanol–water partition coefficient (Wildman–Crippen LogP) is 2.39. The number of carbonyl (C=O) groups is 2. The molecule has 0 aromatic heterocycles. The van der Waals surface area contributed by atoms with E-state index in [1.165, 1.54) is 41.3 Å². The Hall–Kier alpha value is -3.19. The van der Waals surface area contributed by atoms with Crippen molar-refractivity contribution in [1.82, 2.24) is 4.90 Å². The number of phenolic OH excluding ortho intramolecular Hbond substituents is 1. The largest absolute Gasteiger partial charge is 0.507 e. The van der Waals surface area contributed by atoms with Gasteiger partial charge in [0.1, 0.15) is 17.2 Å². The first-order valence-corrected chi connectivity index (χ1v) is 8.37. The van der Waals surface area contributed by atoms with E-state index in [1.807, 2.05) is 0 Å². The number of nitrogens with one attached hydrogen (secondary N) is 1. The number of rotatable bonds is 4. The summed E-state index contributed by atoms with van der Waals surface area (Å²) in [5.74, 6) is -1.76. The summed E-state index contributed by atoms with van der Waals surface area (Å²) in [6, 6.07) is 10.00. The number of hydrogen-bond acceptors (Lipinski definition) is 4. The van der Waals surface area contributed by atoms with Crippen LogP contribution in [0.1, 0.15) is 22.3 Å². The van der Waals surface area contributed by atoms with Crippen molar-refractivity contribution in [3.05, 3.63) is 72.1 Å². The van der Waals surface area contributed by atoms with Crippen molar-refractivity contribution in [2.45, 2.75) is 12.0 Å². The van der Waals surface area contributed by atoms with Gasteiger partial charge in [-0.2, -0.15) is 0 Å². The third-order valence-corrected chi connectivity index (χ3v) is 4.59. The molecule has 6 nitrogen and oxygen atoms in total. The number of amides is 2. The molecule has 1 aliphatic heterocycles. The van der Waals surface area contributed by atoms with Gasteiger partial charge in [0.25, 0.3) is 5.91 Å². The number of phenols is 1. The molecule has 140 valence electrons. The number of β-amino-alcohol motifs (C(OH)–C–C–N with tert-alkyl or cyclic N) is 1. The molecule has 1 heterocycles.